The Balaban J connectivity index is 1.67. The van der Waals surface area contributed by atoms with Crippen molar-refractivity contribution in [2.45, 2.75) is 32.2 Å². The summed E-state index contributed by atoms with van der Waals surface area (Å²) in [6, 6.07) is 0.748. The van der Waals surface area contributed by atoms with Crippen LogP contribution >= 0.6 is 0 Å². The predicted molar refractivity (Wildman–Crippen MR) is 68.7 cm³/mol. The SMILES string of the molecule is CCCN1CCN(CC(NC)C2CC2)CC1. The van der Waals surface area contributed by atoms with Crippen molar-refractivity contribution in [2.24, 2.45) is 5.92 Å². The van der Waals surface area contributed by atoms with Gasteiger partial charge in [-0.05, 0) is 38.8 Å². The van der Waals surface area contributed by atoms with Crippen LogP contribution in [0.2, 0.25) is 0 Å². The van der Waals surface area contributed by atoms with E-state index in [1.54, 1.807) is 0 Å². The Hall–Kier alpha value is -0.120. The van der Waals surface area contributed by atoms with Crippen molar-refractivity contribution in [3.05, 3.63) is 0 Å². The molecule has 1 N–H and O–H groups in total. The largest absolute Gasteiger partial charge is 0.315 e. The fraction of sp³-hybridized carbons (Fsp3) is 1.00. The summed E-state index contributed by atoms with van der Waals surface area (Å²) in [5.74, 6) is 0.971. The van der Waals surface area contributed by atoms with Crippen molar-refractivity contribution < 1.29 is 0 Å². The summed E-state index contributed by atoms with van der Waals surface area (Å²) >= 11 is 0. The van der Waals surface area contributed by atoms with E-state index >= 15 is 0 Å². The molecule has 1 heterocycles. The standard InChI is InChI=1S/C13H27N3/c1-3-6-15-7-9-16(10-8-15)11-13(14-2)12-4-5-12/h12-14H,3-11H2,1-2H3. The fourth-order valence-corrected chi connectivity index (χ4v) is 2.76. The molecule has 1 aliphatic heterocycles. The molecule has 0 radical (unpaired) electrons. The molecule has 0 aromatic rings. The molecular weight excluding hydrogens is 198 g/mol. The Kier molecular flexibility index (Phi) is 4.62. The van der Waals surface area contributed by atoms with Crippen molar-refractivity contribution in [3.63, 3.8) is 0 Å². The third-order valence-corrected chi connectivity index (χ3v) is 4.02. The molecule has 1 saturated carbocycles. The monoisotopic (exact) mass is 225 g/mol. The average molecular weight is 225 g/mol. The maximum Gasteiger partial charge on any atom is 0.0220 e. The second-order valence-electron chi connectivity index (χ2n) is 5.37. The normalized spacial score (nSPS) is 25.9. The van der Waals surface area contributed by atoms with Gasteiger partial charge in [0.1, 0.15) is 0 Å². The molecule has 94 valence electrons. The zero-order valence-electron chi connectivity index (χ0n) is 10.9. The van der Waals surface area contributed by atoms with Crippen LogP contribution in [-0.4, -0.2) is 62.2 Å². The van der Waals surface area contributed by atoms with E-state index < -0.39 is 0 Å². The quantitative estimate of drug-likeness (QED) is 0.728. The molecule has 1 aliphatic carbocycles. The van der Waals surface area contributed by atoms with Gasteiger partial charge in [-0.1, -0.05) is 6.92 Å². The first-order valence-electron chi connectivity index (χ1n) is 6.95. The highest BCUT2D eigenvalue weighted by atomic mass is 15.3. The third-order valence-electron chi connectivity index (χ3n) is 4.02. The first-order valence-corrected chi connectivity index (χ1v) is 6.95. The van der Waals surface area contributed by atoms with Gasteiger partial charge in [0.15, 0.2) is 0 Å². The summed E-state index contributed by atoms with van der Waals surface area (Å²) < 4.78 is 0. The molecule has 1 saturated heterocycles. The molecule has 0 amide bonds. The Morgan fingerprint density at radius 1 is 1.12 bits per heavy atom. The molecule has 1 atom stereocenters. The van der Waals surface area contributed by atoms with Crippen molar-refractivity contribution in [1.82, 2.24) is 15.1 Å². The van der Waals surface area contributed by atoms with Crippen LogP contribution in [0.5, 0.6) is 0 Å². The van der Waals surface area contributed by atoms with Crippen molar-refractivity contribution in [2.75, 3.05) is 46.3 Å². The summed E-state index contributed by atoms with van der Waals surface area (Å²) in [7, 11) is 2.12. The minimum Gasteiger partial charge on any atom is -0.315 e. The Bertz CT molecular complexity index is 195. The molecule has 3 heteroatoms. The molecular formula is C13H27N3. The van der Waals surface area contributed by atoms with Crippen LogP contribution in [0.4, 0.5) is 0 Å². The van der Waals surface area contributed by atoms with Gasteiger partial charge in [0, 0.05) is 38.8 Å². The van der Waals surface area contributed by atoms with Gasteiger partial charge >= 0.3 is 0 Å². The van der Waals surface area contributed by atoms with E-state index in [1.165, 1.54) is 58.5 Å². The molecule has 3 nitrogen and oxygen atoms in total. The summed E-state index contributed by atoms with van der Waals surface area (Å²) in [6.07, 6.45) is 4.18. The molecule has 2 aliphatic rings. The zero-order valence-corrected chi connectivity index (χ0v) is 10.9. The van der Waals surface area contributed by atoms with Gasteiger partial charge in [-0.15, -0.1) is 0 Å². The number of rotatable bonds is 6. The number of hydrogen-bond donors (Lipinski definition) is 1. The van der Waals surface area contributed by atoms with E-state index in [-0.39, 0.29) is 0 Å². The highest BCUT2D eigenvalue weighted by molar-refractivity contribution is 4.88. The van der Waals surface area contributed by atoms with Crippen LogP contribution in [0, 0.1) is 5.92 Å². The zero-order chi connectivity index (χ0) is 11.4. The average Bonchev–Trinajstić information content (AvgIpc) is 3.12. The fourth-order valence-electron chi connectivity index (χ4n) is 2.76. The molecule has 2 fully saturated rings. The van der Waals surface area contributed by atoms with Gasteiger partial charge in [0.25, 0.3) is 0 Å². The van der Waals surface area contributed by atoms with E-state index in [1.807, 2.05) is 0 Å². The van der Waals surface area contributed by atoms with E-state index in [0.29, 0.717) is 0 Å². The second-order valence-corrected chi connectivity index (χ2v) is 5.37. The highest BCUT2D eigenvalue weighted by Gasteiger charge is 2.31. The summed E-state index contributed by atoms with van der Waals surface area (Å²) in [6.45, 7) is 9.91. The van der Waals surface area contributed by atoms with E-state index in [4.69, 9.17) is 0 Å². The van der Waals surface area contributed by atoms with E-state index in [2.05, 4.69) is 29.1 Å². The highest BCUT2D eigenvalue weighted by Crippen LogP contribution is 2.32. The third kappa shape index (κ3) is 3.44. The van der Waals surface area contributed by atoms with Crippen molar-refractivity contribution in [3.8, 4) is 0 Å². The smallest absolute Gasteiger partial charge is 0.0220 e. The molecule has 0 aromatic carbocycles. The van der Waals surface area contributed by atoms with E-state index in [0.717, 1.165) is 12.0 Å². The van der Waals surface area contributed by atoms with Crippen LogP contribution in [0.25, 0.3) is 0 Å². The van der Waals surface area contributed by atoms with Gasteiger partial charge in [-0.2, -0.15) is 0 Å². The number of likely N-dealkylation sites (N-methyl/N-ethyl adjacent to an activating group) is 1. The number of nitrogens with one attached hydrogen (secondary N) is 1. The van der Waals surface area contributed by atoms with Crippen molar-refractivity contribution in [1.29, 1.82) is 0 Å². The number of nitrogens with zero attached hydrogens (tertiary/aromatic N) is 2. The van der Waals surface area contributed by atoms with Gasteiger partial charge in [0.2, 0.25) is 0 Å². The maximum atomic E-state index is 3.49. The second kappa shape index (κ2) is 5.99. The maximum absolute atomic E-state index is 3.49. The Labute approximate surface area is 100 Å². The molecule has 0 aromatic heterocycles. The van der Waals surface area contributed by atoms with Gasteiger partial charge in [-0.3, -0.25) is 4.90 Å². The minimum atomic E-state index is 0.748. The van der Waals surface area contributed by atoms with Crippen LogP contribution in [0.15, 0.2) is 0 Å². The summed E-state index contributed by atoms with van der Waals surface area (Å²) in [5.41, 5.74) is 0. The van der Waals surface area contributed by atoms with E-state index in [9.17, 15) is 0 Å². The molecule has 2 rings (SSSR count). The molecule has 0 bridgehead atoms. The molecule has 1 unspecified atom stereocenters. The van der Waals surface area contributed by atoms with Gasteiger partial charge in [-0.25, -0.2) is 0 Å². The lowest BCUT2D eigenvalue weighted by Gasteiger charge is -2.36. The summed E-state index contributed by atoms with van der Waals surface area (Å²) in [4.78, 5) is 5.24. The predicted octanol–water partition coefficient (Wildman–Crippen LogP) is 1.01. The molecule has 16 heavy (non-hydrogen) atoms. The Morgan fingerprint density at radius 3 is 2.25 bits per heavy atom. The van der Waals surface area contributed by atoms with Crippen LogP contribution in [0.3, 0.4) is 0 Å². The first-order chi connectivity index (χ1) is 7.83. The minimum absolute atomic E-state index is 0.748. The number of piperazine rings is 1. The van der Waals surface area contributed by atoms with Crippen LogP contribution in [-0.2, 0) is 0 Å². The number of hydrogen-bond acceptors (Lipinski definition) is 3. The van der Waals surface area contributed by atoms with Crippen LogP contribution < -0.4 is 5.32 Å². The lowest BCUT2D eigenvalue weighted by Crippen LogP contribution is -2.50. The van der Waals surface area contributed by atoms with Gasteiger partial charge in [0.05, 0.1) is 0 Å². The Morgan fingerprint density at radius 2 is 1.75 bits per heavy atom. The first kappa shape index (κ1) is 12.3. The lowest BCUT2D eigenvalue weighted by atomic mass is 10.1. The van der Waals surface area contributed by atoms with Gasteiger partial charge < -0.3 is 10.2 Å². The van der Waals surface area contributed by atoms with Crippen molar-refractivity contribution >= 4 is 0 Å². The lowest BCUT2D eigenvalue weighted by molar-refractivity contribution is 0.121. The topological polar surface area (TPSA) is 18.5 Å². The molecule has 0 spiro atoms. The summed E-state index contributed by atoms with van der Waals surface area (Å²) in [5, 5.41) is 3.49. The van der Waals surface area contributed by atoms with Crippen LogP contribution in [0.1, 0.15) is 26.2 Å².